The molecule has 0 aliphatic carbocycles. The van der Waals surface area contributed by atoms with Gasteiger partial charge in [0.05, 0.1) is 14.2 Å². The summed E-state index contributed by atoms with van der Waals surface area (Å²) in [6, 6.07) is 1.83. The SMILES string of the molecule is CC(O)c1cc(Br)sc1Cl. The number of aliphatic hydroxyl groups excluding tert-OH is 1. The molecule has 0 saturated carbocycles. The molecule has 56 valence electrons. The first-order valence-electron chi connectivity index (χ1n) is 2.74. The standard InChI is InChI=1S/C6H6BrClOS/c1-3(9)4-2-5(7)10-6(4)8/h2-3,9H,1H3. The van der Waals surface area contributed by atoms with Gasteiger partial charge in [0.15, 0.2) is 0 Å². The Hall–Kier alpha value is 0.430. The Bertz CT molecular complexity index is 234. The molecular formula is C6H6BrClOS. The zero-order valence-electron chi connectivity index (χ0n) is 5.27. The molecule has 10 heavy (non-hydrogen) atoms. The molecule has 1 nitrogen and oxygen atoms in total. The number of hydrogen-bond donors (Lipinski definition) is 1. The lowest BCUT2D eigenvalue weighted by molar-refractivity contribution is 0.200. The van der Waals surface area contributed by atoms with E-state index >= 15 is 0 Å². The van der Waals surface area contributed by atoms with Crippen molar-refractivity contribution < 1.29 is 5.11 Å². The monoisotopic (exact) mass is 240 g/mol. The van der Waals surface area contributed by atoms with Crippen LogP contribution in [0.4, 0.5) is 0 Å². The lowest BCUT2D eigenvalue weighted by Crippen LogP contribution is -1.86. The summed E-state index contributed by atoms with van der Waals surface area (Å²) in [5.41, 5.74) is 0.790. The minimum atomic E-state index is -0.477. The Morgan fingerprint density at radius 3 is 2.60 bits per heavy atom. The van der Waals surface area contributed by atoms with E-state index in [1.54, 1.807) is 6.92 Å². The number of hydrogen-bond acceptors (Lipinski definition) is 2. The van der Waals surface area contributed by atoms with Gasteiger partial charge in [-0.15, -0.1) is 11.3 Å². The third-order valence-corrected chi connectivity index (χ3v) is 3.03. The molecule has 0 amide bonds. The minimum absolute atomic E-state index is 0.477. The van der Waals surface area contributed by atoms with E-state index in [2.05, 4.69) is 15.9 Å². The summed E-state index contributed by atoms with van der Waals surface area (Å²) in [4.78, 5) is 0. The molecule has 0 fully saturated rings. The van der Waals surface area contributed by atoms with Crippen molar-refractivity contribution >= 4 is 38.9 Å². The summed E-state index contributed by atoms with van der Waals surface area (Å²) >= 11 is 10.5. The van der Waals surface area contributed by atoms with Crippen LogP contribution in [0.15, 0.2) is 9.85 Å². The van der Waals surface area contributed by atoms with Gasteiger partial charge in [0, 0.05) is 5.56 Å². The van der Waals surface area contributed by atoms with E-state index in [-0.39, 0.29) is 0 Å². The van der Waals surface area contributed by atoms with Crippen molar-refractivity contribution in [1.82, 2.24) is 0 Å². The van der Waals surface area contributed by atoms with Crippen molar-refractivity contribution in [2.24, 2.45) is 0 Å². The van der Waals surface area contributed by atoms with E-state index in [1.807, 2.05) is 6.07 Å². The fourth-order valence-corrected chi connectivity index (χ4v) is 2.82. The van der Waals surface area contributed by atoms with Crippen molar-refractivity contribution in [3.8, 4) is 0 Å². The predicted octanol–water partition coefficient (Wildman–Crippen LogP) is 3.22. The van der Waals surface area contributed by atoms with E-state index in [9.17, 15) is 0 Å². The molecule has 0 spiro atoms. The van der Waals surface area contributed by atoms with Gasteiger partial charge in [-0.1, -0.05) is 11.6 Å². The molecule has 0 aliphatic heterocycles. The Balaban J connectivity index is 3.03. The molecule has 0 radical (unpaired) electrons. The fraction of sp³-hybridized carbons (Fsp3) is 0.333. The quantitative estimate of drug-likeness (QED) is 0.800. The van der Waals surface area contributed by atoms with Crippen LogP contribution in [0.5, 0.6) is 0 Å². The van der Waals surface area contributed by atoms with Crippen molar-refractivity contribution in [3.63, 3.8) is 0 Å². The van der Waals surface area contributed by atoms with Gasteiger partial charge >= 0.3 is 0 Å². The molecular weight excluding hydrogens is 235 g/mol. The van der Waals surface area contributed by atoms with Gasteiger partial charge in [-0.25, -0.2) is 0 Å². The highest BCUT2D eigenvalue weighted by molar-refractivity contribution is 9.11. The van der Waals surface area contributed by atoms with Crippen LogP contribution in [0.2, 0.25) is 4.34 Å². The van der Waals surface area contributed by atoms with Crippen molar-refractivity contribution in [1.29, 1.82) is 0 Å². The van der Waals surface area contributed by atoms with Crippen LogP contribution in [0.1, 0.15) is 18.6 Å². The Morgan fingerprint density at radius 1 is 1.80 bits per heavy atom. The molecule has 0 aliphatic rings. The van der Waals surface area contributed by atoms with Crippen LogP contribution in [0, 0.1) is 0 Å². The van der Waals surface area contributed by atoms with Crippen LogP contribution < -0.4 is 0 Å². The van der Waals surface area contributed by atoms with Gasteiger partial charge in [0.1, 0.15) is 0 Å². The molecule has 0 aromatic carbocycles. The second-order valence-electron chi connectivity index (χ2n) is 1.96. The molecule has 1 aromatic heterocycles. The highest BCUT2D eigenvalue weighted by atomic mass is 79.9. The van der Waals surface area contributed by atoms with Crippen LogP contribution in [-0.2, 0) is 0 Å². The summed E-state index contributed by atoms with van der Waals surface area (Å²) in [5.74, 6) is 0. The van der Waals surface area contributed by atoms with Gasteiger partial charge in [-0.2, -0.15) is 0 Å². The maximum absolute atomic E-state index is 9.12. The predicted molar refractivity (Wildman–Crippen MR) is 47.7 cm³/mol. The summed E-state index contributed by atoms with van der Waals surface area (Å²) in [6.07, 6.45) is -0.477. The smallest absolute Gasteiger partial charge is 0.0998 e. The molecule has 1 unspecified atom stereocenters. The van der Waals surface area contributed by atoms with E-state index < -0.39 is 6.10 Å². The van der Waals surface area contributed by atoms with Crippen molar-refractivity contribution in [2.75, 3.05) is 0 Å². The average molecular weight is 242 g/mol. The van der Waals surface area contributed by atoms with Crippen molar-refractivity contribution in [3.05, 3.63) is 19.8 Å². The van der Waals surface area contributed by atoms with Gasteiger partial charge in [0.25, 0.3) is 0 Å². The zero-order chi connectivity index (χ0) is 7.72. The topological polar surface area (TPSA) is 20.2 Å². The largest absolute Gasteiger partial charge is 0.389 e. The van der Waals surface area contributed by atoms with Gasteiger partial charge < -0.3 is 5.11 Å². The normalized spacial score (nSPS) is 13.6. The van der Waals surface area contributed by atoms with E-state index in [0.29, 0.717) is 4.34 Å². The lowest BCUT2D eigenvalue weighted by atomic mass is 10.2. The molecule has 1 aromatic rings. The molecule has 1 heterocycles. The molecule has 4 heteroatoms. The first-order valence-corrected chi connectivity index (χ1v) is 4.73. The van der Waals surface area contributed by atoms with Crippen LogP contribution in [0.3, 0.4) is 0 Å². The Kier molecular flexibility index (Phi) is 2.74. The fourth-order valence-electron chi connectivity index (χ4n) is 0.638. The minimum Gasteiger partial charge on any atom is -0.389 e. The molecule has 1 rings (SSSR count). The number of rotatable bonds is 1. The lowest BCUT2D eigenvalue weighted by Gasteiger charge is -1.98. The zero-order valence-corrected chi connectivity index (χ0v) is 8.42. The van der Waals surface area contributed by atoms with Crippen LogP contribution in [-0.4, -0.2) is 5.11 Å². The van der Waals surface area contributed by atoms with E-state index in [1.165, 1.54) is 11.3 Å². The summed E-state index contributed by atoms with van der Waals surface area (Å²) in [7, 11) is 0. The number of halogens is 2. The Morgan fingerprint density at radius 2 is 2.40 bits per heavy atom. The number of aliphatic hydroxyl groups is 1. The second-order valence-corrected chi connectivity index (χ2v) is 4.99. The van der Waals surface area contributed by atoms with Crippen LogP contribution >= 0.6 is 38.9 Å². The summed E-state index contributed by atoms with van der Waals surface area (Å²) in [6.45, 7) is 1.69. The van der Waals surface area contributed by atoms with E-state index in [4.69, 9.17) is 16.7 Å². The maximum Gasteiger partial charge on any atom is 0.0998 e. The average Bonchev–Trinajstić information content (AvgIpc) is 2.10. The highest BCUT2D eigenvalue weighted by Crippen LogP contribution is 2.34. The first-order chi connectivity index (χ1) is 4.61. The van der Waals surface area contributed by atoms with Gasteiger partial charge in [-0.3, -0.25) is 0 Å². The number of thiophene rings is 1. The summed E-state index contributed by atoms with van der Waals surface area (Å²) < 4.78 is 1.61. The second kappa shape index (κ2) is 3.22. The van der Waals surface area contributed by atoms with Gasteiger partial charge in [0.2, 0.25) is 0 Å². The van der Waals surface area contributed by atoms with Crippen LogP contribution in [0.25, 0.3) is 0 Å². The van der Waals surface area contributed by atoms with Crippen molar-refractivity contribution in [2.45, 2.75) is 13.0 Å². The maximum atomic E-state index is 9.12. The third kappa shape index (κ3) is 1.72. The molecule has 0 saturated heterocycles. The highest BCUT2D eigenvalue weighted by Gasteiger charge is 2.09. The third-order valence-electron chi connectivity index (χ3n) is 1.13. The van der Waals surface area contributed by atoms with E-state index in [0.717, 1.165) is 9.35 Å². The molecule has 0 bridgehead atoms. The van der Waals surface area contributed by atoms with Gasteiger partial charge in [-0.05, 0) is 28.9 Å². The first kappa shape index (κ1) is 8.53. The summed E-state index contributed by atoms with van der Waals surface area (Å²) in [5, 5.41) is 9.12. The molecule has 1 atom stereocenters. The molecule has 1 N–H and O–H groups in total. The Labute approximate surface area is 76.8 Å².